The van der Waals surface area contributed by atoms with E-state index >= 15 is 0 Å². The Morgan fingerprint density at radius 3 is 2.76 bits per heavy atom. The third-order valence-corrected chi connectivity index (χ3v) is 5.82. The Balaban J connectivity index is 1.58. The first kappa shape index (κ1) is 16.1. The Morgan fingerprint density at radius 2 is 2.00 bits per heavy atom. The SMILES string of the molecule is Cc1nc2n(n1)CCN(C(=O)c1ccc3c(c1)CCN3S(C)(=O)=O)C2. The number of aryl methyl sites for hydroxylation is 1. The van der Waals surface area contributed by atoms with Crippen molar-refractivity contribution in [3.63, 3.8) is 0 Å². The van der Waals surface area contributed by atoms with E-state index in [4.69, 9.17) is 0 Å². The van der Waals surface area contributed by atoms with E-state index in [1.54, 1.807) is 17.0 Å². The van der Waals surface area contributed by atoms with Crippen LogP contribution in [0.5, 0.6) is 0 Å². The number of carbonyl (C=O) groups is 1. The lowest BCUT2D eigenvalue weighted by atomic mass is 10.1. The quantitative estimate of drug-likeness (QED) is 0.780. The molecule has 0 spiro atoms. The zero-order chi connectivity index (χ0) is 17.8. The fourth-order valence-corrected chi connectivity index (χ4v) is 4.42. The number of anilines is 1. The molecule has 1 amide bonds. The molecule has 0 saturated heterocycles. The molecule has 0 N–H and O–H groups in total. The molecule has 2 aromatic rings. The van der Waals surface area contributed by atoms with E-state index in [9.17, 15) is 13.2 Å². The Bertz CT molecular complexity index is 966. The smallest absolute Gasteiger partial charge is 0.254 e. The summed E-state index contributed by atoms with van der Waals surface area (Å²) in [6.45, 7) is 3.92. The van der Waals surface area contributed by atoms with Crippen LogP contribution < -0.4 is 4.31 Å². The molecule has 0 unspecified atom stereocenters. The third kappa shape index (κ3) is 2.78. The molecule has 2 aliphatic heterocycles. The van der Waals surface area contributed by atoms with Crippen molar-refractivity contribution in [2.75, 3.05) is 23.7 Å². The van der Waals surface area contributed by atoms with Gasteiger partial charge in [0.05, 0.1) is 25.0 Å². The minimum absolute atomic E-state index is 0.0625. The highest BCUT2D eigenvalue weighted by atomic mass is 32.2. The summed E-state index contributed by atoms with van der Waals surface area (Å²) in [4.78, 5) is 18.9. The van der Waals surface area contributed by atoms with E-state index in [-0.39, 0.29) is 5.91 Å². The van der Waals surface area contributed by atoms with Gasteiger partial charge in [-0.3, -0.25) is 9.10 Å². The molecule has 25 heavy (non-hydrogen) atoms. The number of sulfonamides is 1. The molecule has 1 aromatic heterocycles. The molecule has 0 saturated carbocycles. The third-order valence-electron chi connectivity index (χ3n) is 4.64. The van der Waals surface area contributed by atoms with Gasteiger partial charge in [-0.25, -0.2) is 18.1 Å². The van der Waals surface area contributed by atoms with Gasteiger partial charge in [-0.1, -0.05) is 0 Å². The molecule has 2 aliphatic rings. The second-order valence-corrected chi connectivity index (χ2v) is 8.36. The van der Waals surface area contributed by atoms with Gasteiger partial charge in [0.2, 0.25) is 10.0 Å². The number of carbonyl (C=O) groups excluding carboxylic acids is 1. The van der Waals surface area contributed by atoms with E-state index in [1.165, 1.54) is 10.6 Å². The summed E-state index contributed by atoms with van der Waals surface area (Å²) in [6.07, 6.45) is 1.82. The predicted octanol–water partition coefficient (Wildman–Crippen LogP) is 0.565. The Labute approximate surface area is 146 Å². The number of hydrogen-bond acceptors (Lipinski definition) is 5. The lowest BCUT2D eigenvalue weighted by Crippen LogP contribution is -2.38. The molecule has 1 aromatic carbocycles. The highest BCUT2D eigenvalue weighted by Gasteiger charge is 2.28. The Kier molecular flexibility index (Phi) is 3.57. The highest BCUT2D eigenvalue weighted by molar-refractivity contribution is 7.92. The highest BCUT2D eigenvalue weighted by Crippen LogP contribution is 2.31. The fourth-order valence-electron chi connectivity index (χ4n) is 3.47. The number of fused-ring (bicyclic) bond motifs is 2. The van der Waals surface area contributed by atoms with Crippen LogP contribution in [0, 0.1) is 6.92 Å². The molecule has 3 heterocycles. The number of hydrogen-bond donors (Lipinski definition) is 0. The van der Waals surface area contributed by atoms with Gasteiger partial charge in [0, 0.05) is 18.7 Å². The van der Waals surface area contributed by atoms with Gasteiger partial charge >= 0.3 is 0 Å². The van der Waals surface area contributed by atoms with Gasteiger partial charge in [0.15, 0.2) is 0 Å². The summed E-state index contributed by atoms with van der Waals surface area (Å²) in [5.41, 5.74) is 2.15. The number of benzene rings is 1. The van der Waals surface area contributed by atoms with Crippen LogP contribution in [-0.2, 0) is 29.5 Å². The van der Waals surface area contributed by atoms with Crippen LogP contribution in [0.3, 0.4) is 0 Å². The van der Waals surface area contributed by atoms with Crippen molar-refractivity contribution in [2.45, 2.75) is 26.4 Å². The topological polar surface area (TPSA) is 88.4 Å². The number of rotatable bonds is 2. The van der Waals surface area contributed by atoms with Gasteiger partial charge in [-0.05, 0) is 37.1 Å². The van der Waals surface area contributed by atoms with E-state index in [2.05, 4.69) is 10.1 Å². The zero-order valence-electron chi connectivity index (χ0n) is 14.1. The van der Waals surface area contributed by atoms with E-state index < -0.39 is 10.0 Å². The summed E-state index contributed by atoms with van der Waals surface area (Å²) in [5, 5.41) is 4.30. The molecule has 0 atom stereocenters. The van der Waals surface area contributed by atoms with Crippen LogP contribution in [0.2, 0.25) is 0 Å². The van der Waals surface area contributed by atoms with Gasteiger partial charge < -0.3 is 4.90 Å². The first-order valence-electron chi connectivity index (χ1n) is 8.13. The molecule has 0 radical (unpaired) electrons. The maximum absolute atomic E-state index is 12.8. The average Bonchev–Trinajstić information content (AvgIpc) is 3.14. The molecule has 132 valence electrons. The van der Waals surface area contributed by atoms with Crippen molar-refractivity contribution in [2.24, 2.45) is 0 Å². The average molecular weight is 361 g/mol. The number of nitrogens with zero attached hydrogens (tertiary/aromatic N) is 5. The van der Waals surface area contributed by atoms with Gasteiger partial charge in [0.1, 0.15) is 11.6 Å². The van der Waals surface area contributed by atoms with E-state index in [0.29, 0.717) is 49.7 Å². The van der Waals surface area contributed by atoms with Crippen LogP contribution in [0.1, 0.15) is 27.6 Å². The van der Waals surface area contributed by atoms with Crippen LogP contribution in [0.25, 0.3) is 0 Å². The predicted molar refractivity (Wildman–Crippen MR) is 91.8 cm³/mol. The molecule has 9 heteroatoms. The summed E-state index contributed by atoms with van der Waals surface area (Å²) >= 11 is 0. The minimum Gasteiger partial charge on any atom is -0.329 e. The van der Waals surface area contributed by atoms with E-state index in [1.807, 2.05) is 17.7 Å². The van der Waals surface area contributed by atoms with Gasteiger partial charge in [0.25, 0.3) is 5.91 Å². The van der Waals surface area contributed by atoms with Crippen molar-refractivity contribution in [1.82, 2.24) is 19.7 Å². The first-order valence-corrected chi connectivity index (χ1v) is 9.98. The van der Waals surface area contributed by atoms with Crippen molar-refractivity contribution in [1.29, 1.82) is 0 Å². The summed E-state index contributed by atoms with van der Waals surface area (Å²) < 4.78 is 26.9. The molecule has 0 fully saturated rings. The summed E-state index contributed by atoms with van der Waals surface area (Å²) in [6, 6.07) is 5.25. The van der Waals surface area contributed by atoms with Crippen LogP contribution in [0.4, 0.5) is 5.69 Å². The van der Waals surface area contributed by atoms with Crippen molar-refractivity contribution < 1.29 is 13.2 Å². The molecule has 4 rings (SSSR count). The van der Waals surface area contributed by atoms with Crippen LogP contribution in [0.15, 0.2) is 18.2 Å². The van der Waals surface area contributed by atoms with Gasteiger partial charge in [-0.15, -0.1) is 0 Å². The second kappa shape index (κ2) is 5.55. The number of aromatic nitrogens is 3. The first-order chi connectivity index (χ1) is 11.8. The van der Waals surface area contributed by atoms with Crippen molar-refractivity contribution in [3.8, 4) is 0 Å². The zero-order valence-corrected chi connectivity index (χ0v) is 15.0. The monoisotopic (exact) mass is 361 g/mol. The lowest BCUT2D eigenvalue weighted by Gasteiger charge is -2.27. The maximum Gasteiger partial charge on any atom is 0.254 e. The van der Waals surface area contributed by atoms with Crippen molar-refractivity contribution in [3.05, 3.63) is 41.0 Å². The van der Waals surface area contributed by atoms with Gasteiger partial charge in [-0.2, -0.15) is 5.10 Å². The Hall–Kier alpha value is -2.42. The number of amides is 1. The molecule has 8 nitrogen and oxygen atoms in total. The molecular formula is C16H19N5O3S. The summed E-state index contributed by atoms with van der Waals surface area (Å²) in [5.74, 6) is 1.44. The molecule has 0 aliphatic carbocycles. The molecule has 0 bridgehead atoms. The minimum atomic E-state index is -3.28. The largest absolute Gasteiger partial charge is 0.329 e. The molecular weight excluding hydrogens is 342 g/mol. The Morgan fingerprint density at radius 1 is 1.20 bits per heavy atom. The maximum atomic E-state index is 12.8. The van der Waals surface area contributed by atoms with Crippen LogP contribution in [-0.4, -0.2) is 53.3 Å². The van der Waals surface area contributed by atoms with Crippen LogP contribution >= 0.6 is 0 Å². The fraction of sp³-hybridized carbons (Fsp3) is 0.438. The second-order valence-electron chi connectivity index (χ2n) is 6.45. The van der Waals surface area contributed by atoms with Crippen molar-refractivity contribution >= 4 is 21.6 Å². The lowest BCUT2D eigenvalue weighted by molar-refractivity contribution is 0.0702. The van der Waals surface area contributed by atoms with E-state index in [0.717, 1.165) is 11.4 Å². The standard InChI is InChI=1S/C16H19N5O3S/c1-11-17-15-10-19(7-8-20(15)18-11)16(22)13-3-4-14-12(9-13)5-6-21(14)25(2,23)24/h3-4,9H,5-8,10H2,1-2H3. The normalized spacial score (nSPS) is 16.7. The summed E-state index contributed by atoms with van der Waals surface area (Å²) in [7, 11) is -3.28.